The predicted octanol–water partition coefficient (Wildman–Crippen LogP) is 2.46. The number of halogens is 1. The maximum Gasteiger partial charge on any atom is 0.0410 e. The molecule has 0 aromatic heterocycles. The third-order valence-corrected chi connectivity index (χ3v) is 3.82. The van der Waals surface area contributed by atoms with Crippen molar-refractivity contribution in [3.63, 3.8) is 0 Å². The standard InChI is InChI=1S/C12H15ClN2/c13-9-1-2-12-10(5-9)11-7-14-6-8(11)3-4-15-12/h1-2,5,8,11,14-15H,3-4,6-7H2/t8-,11-/m1/s1. The van der Waals surface area contributed by atoms with Gasteiger partial charge in [0.05, 0.1) is 0 Å². The first-order valence-electron chi connectivity index (χ1n) is 5.58. The Morgan fingerprint density at radius 2 is 2.20 bits per heavy atom. The molecule has 1 fully saturated rings. The lowest BCUT2D eigenvalue weighted by Crippen LogP contribution is -2.11. The molecular formula is C12H15ClN2. The zero-order valence-electron chi connectivity index (χ0n) is 8.59. The van der Waals surface area contributed by atoms with Crippen LogP contribution < -0.4 is 10.6 Å². The second kappa shape index (κ2) is 3.69. The van der Waals surface area contributed by atoms with E-state index in [1.54, 1.807) is 0 Å². The van der Waals surface area contributed by atoms with E-state index in [9.17, 15) is 0 Å². The molecule has 2 N–H and O–H groups in total. The van der Waals surface area contributed by atoms with Crippen molar-refractivity contribution in [2.24, 2.45) is 5.92 Å². The van der Waals surface area contributed by atoms with Gasteiger partial charge in [0.15, 0.2) is 0 Å². The smallest absolute Gasteiger partial charge is 0.0410 e. The Balaban J connectivity index is 2.06. The molecule has 2 heterocycles. The van der Waals surface area contributed by atoms with Crippen molar-refractivity contribution < 1.29 is 0 Å². The summed E-state index contributed by atoms with van der Waals surface area (Å²) in [5.74, 6) is 1.42. The van der Waals surface area contributed by atoms with E-state index in [2.05, 4.69) is 22.8 Å². The number of hydrogen-bond donors (Lipinski definition) is 2. The lowest BCUT2D eigenvalue weighted by atomic mass is 9.87. The predicted molar refractivity (Wildman–Crippen MR) is 63.7 cm³/mol. The first-order valence-corrected chi connectivity index (χ1v) is 5.96. The molecule has 0 amide bonds. The van der Waals surface area contributed by atoms with Crippen LogP contribution in [0.25, 0.3) is 0 Å². The van der Waals surface area contributed by atoms with Crippen molar-refractivity contribution in [1.29, 1.82) is 0 Å². The Labute approximate surface area is 95.0 Å². The summed E-state index contributed by atoms with van der Waals surface area (Å²) in [6.07, 6.45) is 1.25. The highest BCUT2D eigenvalue weighted by molar-refractivity contribution is 6.30. The molecule has 1 saturated heterocycles. The summed E-state index contributed by atoms with van der Waals surface area (Å²) < 4.78 is 0. The molecule has 2 atom stereocenters. The summed E-state index contributed by atoms with van der Waals surface area (Å²) in [5, 5.41) is 7.83. The minimum atomic E-state index is 0.647. The zero-order valence-corrected chi connectivity index (χ0v) is 9.35. The van der Waals surface area contributed by atoms with Gasteiger partial charge in [-0.2, -0.15) is 0 Å². The number of hydrogen-bond acceptors (Lipinski definition) is 2. The van der Waals surface area contributed by atoms with E-state index in [-0.39, 0.29) is 0 Å². The maximum absolute atomic E-state index is 6.07. The third kappa shape index (κ3) is 1.62. The summed E-state index contributed by atoms with van der Waals surface area (Å²) in [6, 6.07) is 6.20. The zero-order chi connectivity index (χ0) is 10.3. The van der Waals surface area contributed by atoms with Gasteiger partial charge in [0.25, 0.3) is 0 Å². The molecule has 80 valence electrons. The van der Waals surface area contributed by atoms with Gasteiger partial charge in [-0.25, -0.2) is 0 Å². The third-order valence-electron chi connectivity index (χ3n) is 3.58. The summed E-state index contributed by atoms with van der Waals surface area (Å²) in [6.45, 7) is 3.33. The Bertz CT molecular complexity index is 378. The van der Waals surface area contributed by atoms with Crippen LogP contribution in [-0.2, 0) is 0 Å². The van der Waals surface area contributed by atoms with E-state index < -0.39 is 0 Å². The van der Waals surface area contributed by atoms with E-state index in [1.807, 2.05) is 6.07 Å². The van der Waals surface area contributed by atoms with Crippen LogP contribution in [0.5, 0.6) is 0 Å². The van der Waals surface area contributed by atoms with Gasteiger partial charge in [-0.15, -0.1) is 0 Å². The molecule has 2 aliphatic heterocycles. The molecule has 2 aliphatic rings. The van der Waals surface area contributed by atoms with Crippen LogP contribution >= 0.6 is 11.6 Å². The minimum absolute atomic E-state index is 0.647. The van der Waals surface area contributed by atoms with Crippen molar-refractivity contribution >= 4 is 17.3 Å². The molecule has 0 spiro atoms. The molecule has 15 heavy (non-hydrogen) atoms. The molecule has 3 heteroatoms. The van der Waals surface area contributed by atoms with Crippen LogP contribution in [0.3, 0.4) is 0 Å². The normalized spacial score (nSPS) is 28.9. The van der Waals surface area contributed by atoms with Crippen LogP contribution in [0.15, 0.2) is 18.2 Å². The summed E-state index contributed by atoms with van der Waals surface area (Å²) in [7, 11) is 0. The van der Waals surface area contributed by atoms with E-state index >= 15 is 0 Å². The Morgan fingerprint density at radius 3 is 3.13 bits per heavy atom. The quantitative estimate of drug-likeness (QED) is 0.705. The molecule has 0 aliphatic carbocycles. The van der Waals surface area contributed by atoms with Crippen molar-refractivity contribution in [2.75, 3.05) is 25.0 Å². The number of fused-ring (bicyclic) bond motifs is 3. The first-order chi connectivity index (χ1) is 7.34. The molecule has 0 unspecified atom stereocenters. The molecule has 0 radical (unpaired) electrons. The molecular weight excluding hydrogens is 208 g/mol. The van der Waals surface area contributed by atoms with Gasteiger partial charge in [-0.05, 0) is 42.6 Å². The van der Waals surface area contributed by atoms with Gasteiger partial charge in [0.2, 0.25) is 0 Å². The lowest BCUT2D eigenvalue weighted by molar-refractivity contribution is 0.503. The fraction of sp³-hybridized carbons (Fsp3) is 0.500. The molecule has 0 saturated carbocycles. The Kier molecular flexibility index (Phi) is 2.33. The van der Waals surface area contributed by atoms with Crippen LogP contribution in [0.4, 0.5) is 5.69 Å². The Hall–Kier alpha value is -0.730. The molecule has 1 aromatic carbocycles. The minimum Gasteiger partial charge on any atom is -0.385 e. The summed E-state index contributed by atoms with van der Waals surface area (Å²) >= 11 is 6.07. The Morgan fingerprint density at radius 1 is 1.27 bits per heavy atom. The number of nitrogens with one attached hydrogen (secondary N) is 2. The fourth-order valence-electron chi connectivity index (χ4n) is 2.79. The van der Waals surface area contributed by atoms with Gasteiger partial charge in [-0.3, -0.25) is 0 Å². The van der Waals surface area contributed by atoms with Crippen LogP contribution in [0, 0.1) is 5.92 Å². The number of anilines is 1. The first kappa shape index (κ1) is 9.49. The fourth-order valence-corrected chi connectivity index (χ4v) is 2.97. The number of rotatable bonds is 0. The highest BCUT2D eigenvalue weighted by atomic mass is 35.5. The van der Waals surface area contributed by atoms with Crippen molar-refractivity contribution in [2.45, 2.75) is 12.3 Å². The SMILES string of the molecule is Clc1ccc2c(c1)[C@@H]1CNC[C@H]1CCN2. The second-order valence-electron chi connectivity index (χ2n) is 4.47. The van der Waals surface area contributed by atoms with E-state index in [1.165, 1.54) is 17.7 Å². The largest absolute Gasteiger partial charge is 0.385 e. The average molecular weight is 223 g/mol. The monoisotopic (exact) mass is 222 g/mol. The topological polar surface area (TPSA) is 24.1 Å². The van der Waals surface area contributed by atoms with Crippen molar-refractivity contribution in [1.82, 2.24) is 5.32 Å². The highest BCUT2D eigenvalue weighted by Gasteiger charge is 2.31. The lowest BCUT2D eigenvalue weighted by Gasteiger charge is -2.16. The van der Waals surface area contributed by atoms with Crippen LogP contribution in [0.1, 0.15) is 17.9 Å². The average Bonchev–Trinajstić information content (AvgIpc) is 2.62. The van der Waals surface area contributed by atoms with Gasteiger partial charge in [-0.1, -0.05) is 11.6 Å². The van der Waals surface area contributed by atoms with E-state index in [4.69, 9.17) is 11.6 Å². The number of benzene rings is 1. The molecule has 0 bridgehead atoms. The van der Waals surface area contributed by atoms with Gasteiger partial charge < -0.3 is 10.6 Å². The van der Waals surface area contributed by atoms with Crippen molar-refractivity contribution in [3.05, 3.63) is 28.8 Å². The molecule has 3 rings (SSSR count). The van der Waals surface area contributed by atoms with Crippen molar-refractivity contribution in [3.8, 4) is 0 Å². The summed E-state index contributed by atoms with van der Waals surface area (Å²) in [5.41, 5.74) is 2.67. The van der Waals surface area contributed by atoms with E-state index in [0.29, 0.717) is 5.92 Å². The second-order valence-corrected chi connectivity index (χ2v) is 4.91. The van der Waals surface area contributed by atoms with Gasteiger partial charge >= 0.3 is 0 Å². The molecule has 2 nitrogen and oxygen atoms in total. The maximum atomic E-state index is 6.07. The van der Waals surface area contributed by atoms with E-state index in [0.717, 1.165) is 30.6 Å². The van der Waals surface area contributed by atoms with Gasteiger partial charge in [0.1, 0.15) is 0 Å². The van der Waals surface area contributed by atoms with Gasteiger partial charge in [0, 0.05) is 29.7 Å². The summed E-state index contributed by atoms with van der Waals surface area (Å²) in [4.78, 5) is 0. The molecule has 1 aromatic rings. The van der Waals surface area contributed by atoms with Crippen LogP contribution in [0.2, 0.25) is 5.02 Å². The highest BCUT2D eigenvalue weighted by Crippen LogP contribution is 2.38. The van der Waals surface area contributed by atoms with Crippen LogP contribution in [-0.4, -0.2) is 19.6 Å².